The fourth-order valence-corrected chi connectivity index (χ4v) is 3.33. The van der Waals surface area contributed by atoms with E-state index in [0.717, 1.165) is 5.56 Å². The summed E-state index contributed by atoms with van der Waals surface area (Å²) >= 11 is 0. The summed E-state index contributed by atoms with van der Waals surface area (Å²) in [6.45, 7) is 3.40. The first-order valence-electron chi connectivity index (χ1n) is 9.92. The Labute approximate surface area is 172 Å². The Kier molecular flexibility index (Phi) is 8.86. The molecule has 1 aliphatic heterocycles. The number of ether oxygens (including phenoxy) is 2. The van der Waals surface area contributed by atoms with Crippen LogP contribution < -0.4 is 0 Å². The number of piperidine rings is 1. The predicted octanol–water partition coefficient (Wildman–Crippen LogP) is 1.97. The first-order valence-corrected chi connectivity index (χ1v) is 9.92. The number of benzene rings is 1. The van der Waals surface area contributed by atoms with Gasteiger partial charge in [-0.1, -0.05) is 30.3 Å². The van der Waals surface area contributed by atoms with E-state index in [1.807, 2.05) is 37.3 Å². The fourth-order valence-electron chi connectivity index (χ4n) is 3.33. The largest absolute Gasteiger partial charge is 0.467 e. The molecule has 1 saturated heterocycles. The number of rotatable bonds is 8. The first kappa shape index (κ1) is 22.6. The Bertz CT molecular complexity index is 711. The molecule has 2 rings (SSSR count). The van der Waals surface area contributed by atoms with Crippen LogP contribution in [0.15, 0.2) is 36.4 Å². The van der Waals surface area contributed by atoms with Crippen molar-refractivity contribution in [2.24, 2.45) is 5.92 Å². The van der Waals surface area contributed by atoms with Crippen molar-refractivity contribution in [2.45, 2.75) is 25.8 Å². The number of hydrogen-bond acceptors (Lipinski definition) is 5. The number of carbonyl (C=O) groups excluding carboxylic acids is 3. The average molecular weight is 402 g/mol. The predicted molar refractivity (Wildman–Crippen MR) is 110 cm³/mol. The Morgan fingerprint density at radius 2 is 1.86 bits per heavy atom. The van der Waals surface area contributed by atoms with Crippen LogP contribution >= 0.6 is 0 Å². The van der Waals surface area contributed by atoms with Crippen molar-refractivity contribution < 1.29 is 23.9 Å². The van der Waals surface area contributed by atoms with Gasteiger partial charge in [-0.3, -0.25) is 9.59 Å². The van der Waals surface area contributed by atoms with Crippen LogP contribution in [0.5, 0.6) is 0 Å². The second-order valence-corrected chi connectivity index (χ2v) is 6.99. The molecule has 2 amide bonds. The zero-order valence-electron chi connectivity index (χ0n) is 17.4. The first-order chi connectivity index (χ1) is 14.0. The second-order valence-electron chi connectivity index (χ2n) is 6.99. The van der Waals surface area contributed by atoms with Crippen LogP contribution in [0.2, 0.25) is 0 Å². The molecule has 0 radical (unpaired) electrons. The highest BCUT2D eigenvalue weighted by Gasteiger charge is 2.34. The Balaban J connectivity index is 1.89. The van der Waals surface area contributed by atoms with E-state index in [1.165, 1.54) is 12.0 Å². The Morgan fingerprint density at radius 1 is 1.21 bits per heavy atom. The molecule has 1 fully saturated rings. The Morgan fingerprint density at radius 3 is 2.45 bits per heavy atom. The lowest BCUT2D eigenvalue weighted by Crippen LogP contribution is -2.50. The molecule has 1 aliphatic rings. The molecule has 1 aromatic carbocycles. The lowest BCUT2D eigenvalue weighted by Gasteiger charge is -2.34. The summed E-state index contributed by atoms with van der Waals surface area (Å²) in [6, 6.07) is 8.88. The van der Waals surface area contributed by atoms with Crippen LogP contribution in [0.25, 0.3) is 6.08 Å². The number of amides is 2. The molecule has 0 bridgehead atoms. The summed E-state index contributed by atoms with van der Waals surface area (Å²) in [6.07, 6.45) is 4.49. The molecule has 7 nitrogen and oxygen atoms in total. The smallest absolute Gasteiger partial charge is 0.330 e. The summed E-state index contributed by atoms with van der Waals surface area (Å²) in [5.74, 6) is -0.896. The molecule has 0 spiro atoms. The number of likely N-dealkylation sites (N-methyl/N-ethyl adjacent to an activating group) is 1. The lowest BCUT2D eigenvalue weighted by molar-refractivity contribution is -0.156. The van der Waals surface area contributed by atoms with Gasteiger partial charge in [-0.15, -0.1) is 0 Å². The molecule has 0 N–H and O–H groups in total. The van der Waals surface area contributed by atoms with Crippen LogP contribution in [-0.2, 0) is 23.9 Å². The van der Waals surface area contributed by atoms with Gasteiger partial charge in [0.2, 0.25) is 11.8 Å². The number of methoxy groups -OCH3 is 1. The molecule has 0 aliphatic carbocycles. The minimum Gasteiger partial charge on any atom is -0.467 e. The van der Waals surface area contributed by atoms with Gasteiger partial charge >= 0.3 is 5.97 Å². The molecule has 7 heteroatoms. The van der Waals surface area contributed by atoms with Gasteiger partial charge < -0.3 is 19.3 Å². The summed E-state index contributed by atoms with van der Waals surface area (Å²) in [7, 11) is 2.90. The molecular weight excluding hydrogens is 372 g/mol. The molecule has 158 valence electrons. The SMILES string of the molecule is CCOCC(C(=O)OC)N(C)C(=O)C1CCN(C(=O)/C=C/c2ccccc2)CC1. The minimum atomic E-state index is -0.763. The third-order valence-electron chi connectivity index (χ3n) is 5.14. The van der Waals surface area contributed by atoms with Crippen molar-refractivity contribution in [1.82, 2.24) is 9.80 Å². The maximum Gasteiger partial charge on any atom is 0.330 e. The van der Waals surface area contributed by atoms with Crippen LogP contribution in [0.4, 0.5) is 0 Å². The zero-order valence-corrected chi connectivity index (χ0v) is 17.4. The van der Waals surface area contributed by atoms with Gasteiger partial charge in [0.1, 0.15) is 0 Å². The topological polar surface area (TPSA) is 76.2 Å². The number of carbonyl (C=O) groups is 3. The molecule has 1 heterocycles. The molecular formula is C22H30N2O5. The zero-order chi connectivity index (χ0) is 21.2. The van der Waals surface area contributed by atoms with E-state index in [1.54, 1.807) is 24.1 Å². The van der Waals surface area contributed by atoms with E-state index in [9.17, 15) is 14.4 Å². The number of nitrogens with zero attached hydrogens (tertiary/aromatic N) is 2. The molecule has 29 heavy (non-hydrogen) atoms. The number of hydrogen-bond donors (Lipinski definition) is 0. The molecule has 0 saturated carbocycles. The van der Waals surface area contributed by atoms with Gasteiger partial charge in [0.25, 0.3) is 0 Å². The monoisotopic (exact) mass is 402 g/mol. The molecule has 1 unspecified atom stereocenters. The highest BCUT2D eigenvalue weighted by molar-refractivity contribution is 5.92. The second kappa shape index (κ2) is 11.4. The standard InChI is InChI=1S/C22H30N2O5/c1-4-29-16-19(22(27)28-3)23(2)21(26)18-12-14-24(15-13-18)20(25)11-10-17-8-6-5-7-9-17/h5-11,18-19H,4,12-16H2,1-3H3/b11-10+. The van der Waals surface area contributed by atoms with E-state index >= 15 is 0 Å². The van der Waals surface area contributed by atoms with Crippen LogP contribution in [0.1, 0.15) is 25.3 Å². The third kappa shape index (κ3) is 6.42. The summed E-state index contributed by atoms with van der Waals surface area (Å²) in [5, 5.41) is 0. The van der Waals surface area contributed by atoms with E-state index in [0.29, 0.717) is 32.5 Å². The normalized spacial score (nSPS) is 15.9. The molecule has 1 atom stereocenters. The molecule has 1 aromatic rings. The van der Waals surface area contributed by atoms with E-state index in [-0.39, 0.29) is 24.3 Å². The van der Waals surface area contributed by atoms with Crippen LogP contribution in [0.3, 0.4) is 0 Å². The van der Waals surface area contributed by atoms with Crippen LogP contribution in [0, 0.1) is 5.92 Å². The summed E-state index contributed by atoms with van der Waals surface area (Å²) in [5.41, 5.74) is 0.968. The average Bonchev–Trinajstić information content (AvgIpc) is 2.77. The lowest BCUT2D eigenvalue weighted by atomic mass is 9.94. The third-order valence-corrected chi connectivity index (χ3v) is 5.14. The van der Waals surface area contributed by atoms with Crippen molar-refractivity contribution in [1.29, 1.82) is 0 Å². The van der Waals surface area contributed by atoms with Gasteiger partial charge in [0.15, 0.2) is 6.04 Å². The van der Waals surface area contributed by atoms with E-state index < -0.39 is 12.0 Å². The van der Waals surface area contributed by atoms with Gasteiger partial charge in [-0.25, -0.2) is 4.79 Å². The maximum absolute atomic E-state index is 12.9. The highest BCUT2D eigenvalue weighted by Crippen LogP contribution is 2.21. The van der Waals surface area contributed by atoms with Gasteiger partial charge in [0, 0.05) is 38.7 Å². The Hall–Kier alpha value is -2.67. The van der Waals surface area contributed by atoms with E-state index in [2.05, 4.69) is 0 Å². The van der Waals surface area contributed by atoms with Gasteiger partial charge in [-0.05, 0) is 31.4 Å². The maximum atomic E-state index is 12.9. The van der Waals surface area contributed by atoms with Crippen molar-refractivity contribution in [3.05, 3.63) is 42.0 Å². The quantitative estimate of drug-likeness (QED) is 0.491. The number of esters is 1. The van der Waals surface area contributed by atoms with Crippen molar-refractivity contribution >= 4 is 23.9 Å². The van der Waals surface area contributed by atoms with Crippen LogP contribution in [-0.4, -0.2) is 74.1 Å². The van der Waals surface area contributed by atoms with Crippen molar-refractivity contribution in [3.8, 4) is 0 Å². The summed E-state index contributed by atoms with van der Waals surface area (Å²) in [4.78, 5) is 40.4. The number of likely N-dealkylation sites (tertiary alicyclic amines) is 1. The molecule has 0 aromatic heterocycles. The fraction of sp³-hybridized carbons (Fsp3) is 0.500. The summed E-state index contributed by atoms with van der Waals surface area (Å²) < 4.78 is 10.1. The van der Waals surface area contributed by atoms with Crippen molar-refractivity contribution in [2.75, 3.05) is 40.5 Å². The minimum absolute atomic E-state index is 0.0584. The van der Waals surface area contributed by atoms with Crippen molar-refractivity contribution in [3.63, 3.8) is 0 Å². The highest BCUT2D eigenvalue weighted by atomic mass is 16.5. The van der Waals surface area contributed by atoms with Gasteiger partial charge in [-0.2, -0.15) is 0 Å². The van der Waals surface area contributed by atoms with E-state index in [4.69, 9.17) is 9.47 Å². The van der Waals surface area contributed by atoms with Gasteiger partial charge in [0.05, 0.1) is 13.7 Å².